The van der Waals surface area contributed by atoms with E-state index in [9.17, 15) is 26.0 Å². The zero-order chi connectivity index (χ0) is 18.9. The summed E-state index contributed by atoms with van der Waals surface area (Å²) in [5.41, 5.74) is 1.13. The molecule has 1 aliphatic carbocycles. The summed E-state index contributed by atoms with van der Waals surface area (Å²) < 4.78 is 84.8. The minimum absolute atomic E-state index is 0.0249. The fraction of sp³-hybridized carbons (Fsp3) is 0.176. The third-order valence-electron chi connectivity index (χ3n) is 3.71. The van der Waals surface area contributed by atoms with Gasteiger partial charge in [-0.1, -0.05) is 6.07 Å². The molecule has 9 heteroatoms. The van der Waals surface area contributed by atoms with E-state index in [2.05, 4.69) is 4.74 Å². The zero-order valence-corrected chi connectivity index (χ0v) is 13.9. The van der Waals surface area contributed by atoms with Crippen molar-refractivity contribution in [2.45, 2.75) is 19.5 Å². The number of benzene rings is 2. The number of hydrogen-bond acceptors (Lipinski definition) is 4. The normalized spacial score (nSPS) is 14.0. The van der Waals surface area contributed by atoms with Gasteiger partial charge in [-0.25, -0.2) is 8.78 Å². The summed E-state index contributed by atoms with van der Waals surface area (Å²) in [5.74, 6) is -2.64. The van der Waals surface area contributed by atoms with Crippen LogP contribution in [0, 0.1) is 11.6 Å². The largest absolute Gasteiger partial charge is 0.435 e. The first-order valence-corrected chi connectivity index (χ1v) is 8.83. The van der Waals surface area contributed by atoms with Crippen molar-refractivity contribution in [3.63, 3.8) is 0 Å². The molecule has 1 aliphatic rings. The molecule has 138 valence electrons. The van der Waals surface area contributed by atoms with Crippen molar-refractivity contribution in [1.82, 2.24) is 0 Å². The maximum absolute atomic E-state index is 13.6. The topological polar surface area (TPSA) is 52.6 Å². The lowest BCUT2D eigenvalue weighted by Gasteiger charge is -2.18. The van der Waals surface area contributed by atoms with Gasteiger partial charge < -0.3 is 8.92 Å². The van der Waals surface area contributed by atoms with E-state index < -0.39 is 34.1 Å². The van der Waals surface area contributed by atoms with Crippen molar-refractivity contribution < 1.29 is 34.9 Å². The molecule has 4 nitrogen and oxygen atoms in total. The van der Waals surface area contributed by atoms with E-state index in [1.54, 1.807) is 0 Å². The van der Waals surface area contributed by atoms with Gasteiger partial charge in [0.05, 0.1) is 4.91 Å². The van der Waals surface area contributed by atoms with Crippen LogP contribution in [0.4, 0.5) is 17.6 Å². The minimum Gasteiger partial charge on any atom is -0.435 e. The zero-order valence-electron chi connectivity index (χ0n) is 13.1. The van der Waals surface area contributed by atoms with Crippen molar-refractivity contribution in [3.8, 4) is 11.5 Å². The molecule has 0 aromatic heterocycles. The van der Waals surface area contributed by atoms with Crippen LogP contribution in [0.25, 0.3) is 6.08 Å². The second-order valence-electron chi connectivity index (χ2n) is 5.46. The Balaban J connectivity index is 1.86. The van der Waals surface area contributed by atoms with Gasteiger partial charge in [-0.05, 0) is 54.3 Å². The number of fused-ring (bicyclic) bond motifs is 1. The number of rotatable bonds is 5. The Hall–Kier alpha value is -2.55. The highest BCUT2D eigenvalue weighted by Gasteiger charge is 2.25. The number of alkyl halides is 2. The molecule has 2 aromatic carbocycles. The van der Waals surface area contributed by atoms with E-state index >= 15 is 0 Å². The van der Waals surface area contributed by atoms with Crippen molar-refractivity contribution in [2.24, 2.45) is 0 Å². The second kappa shape index (κ2) is 6.99. The lowest BCUT2D eigenvalue weighted by molar-refractivity contribution is -0.0498. The maximum atomic E-state index is 13.6. The Labute approximate surface area is 146 Å². The van der Waals surface area contributed by atoms with E-state index in [0.717, 1.165) is 12.1 Å². The maximum Gasteiger partial charge on any atom is 0.387 e. The fourth-order valence-corrected chi connectivity index (χ4v) is 3.63. The van der Waals surface area contributed by atoms with Crippen molar-refractivity contribution in [1.29, 1.82) is 0 Å². The third-order valence-corrected chi connectivity index (χ3v) is 5.07. The summed E-state index contributed by atoms with van der Waals surface area (Å²) in [6.45, 7) is -2.96. The number of aryl methyl sites for hydroxylation is 1. The van der Waals surface area contributed by atoms with Crippen LogP contribution in [-0.4, -0.2) is 15.0 Å². The van der Waals surface area contributed by atoms with Crippen molar-refractivity contribution >= 4 is 16.2 Å². The molecule has 0 fully saturated rings. The summed E-state index contributed by atoms with van der Waals surface area (Å²) in [6.07, 6.45) is 1.61. The van der Waals surface area contributed by atoms with Crippen LogP contribution in [0.1, 0.15) is 17.5 Å². The van der Waals surface area contributed by atoms with E-state index in [1.165, 1.54) is 24.3 Å². The Morgan fingerprint density at radius 1 is 1.00 bits per heavy atom. The van der Waals surface area contributed by atoms with Gasteiger partial charge in [-0.15, -0.1) is 0 Å². The summed E-state index contributed by atoms with van der Waals surface area (Å²) in [6, 6.07) is 6.41. The van der Waals surface area contributed by atoms with Crippen LogP contribution in [0.5, 0.6) is 11.5 Å². The van der Waals surface area contributed by atoms with Gasteiger partial charge in [-0.2, -0.15) is 17.2 Å². The standard InChI is InChI=1S/C17H12F4O4S/c18-12-3-6-16(15(19)9-12)25-26(22,23)14-5-2-10-7-13(24-17(20)21)4-1-11(10)8-14/h1,3-4,6-9,17H,2,5H2. The highest BCUT2D eigenvalue weighted by Crippen LogP contribution is 2.32. The Morgan fingerprint density at radius 3 is 2.46 bits per heavy atom. The summed E-state index contributed by atoms with van der Waals surface area (Å²) in [7, 11) is -4.30. The molecular weight excluding hydrogens is 376 g/mol. The van der Waals surface area contributed by atoms with Gasteiger partial charge in [0, 0.05) is 6.07 Å². The predicted molar refractivity (Wildman–Crippen MR) is 85.3 cm³/mol. The van der Waals surface area contributed by atoms with Gasteiger partial charge in [0.2, 0.25) is 0 Å². The first-order valence-electron chi connectivity index (χ1n) is 7.42. The molecule has 3 rings (SSSR count). The van der Waals surface area contributed by atoms with Crippen LogP contribution >= 0.6 is 0 Å². The van der Waals surface area contributed by atoms with Gasteiger partial charge in [0.15, 0.2) is 11.6 Å². The van der Waals surface area contributed by atoms with E-state index in [4.69, 9.17) is 4.18 Å². The minimum atomic E-state index is -4.30. The predicted octanol–water partition coefficient (Wildman–Crippen LogP) is 4.26. The highest BCUT2D eigenvalue weighted by atomic mass is 32.2. The van der Waals surface area contributed by atoms with Crippen LogP contribution in [-0.2, 0) is 16.5 Å². The molecule has 0 aliphatic heterocycles. The molecule has 0 saturated heterocycles. The molecule has 0 spiro atoms. The molecule has 0 bridgehead atoms. The molecule has 2 aromatic rings. The molecule has 0 amide bonds. The monoisotopic (exact) mass is 388 g/mol. The fourth-order valence-electron chi connectivity index (χ4n) is 2.53. The average molecular weight is 388 g/mol. The SMILES string of the molecule is O=S(=O)(Oc1ccc(F)cc1F)C1=Cc2ccc(OC(F)F)cc2CC1. The van der Waals surface area contributed by atoms with Crippen LogP contribution in [0.15, 0.2) is 41.3 Å². The lowest BCUT2D eigenvalue weighted by Crippen LogP contribution is -2.16. The Bertz CT molecular complexity index is 971. The highest BCUT2D eigenvalue weighted by molar-refractivity contribution is 7.91. The molecule has 0 radical (unpaired) electrons. The van der Waals surface area contributed by atoms with Gasteiger partial charge in [0.25, 0.3) is 0 Å². The van der Waals surface area contributed by atoms with Crippen molar-refractivity contribution in [2.75, 3.05) is 0 Å². The van der Waals surface area contributed by atoms with Gasteiger partial charge in [-0.3, -0.25) is 0 Å². The first-order chi connectivity index (χ1) is 12.2. The Morgan fingerprint density at radius 2 is 1.77 bits per heavy atom. The lowest BCUT2D eigenvalue weighted by atomic mass is 9.97. The molecular formula is C17H12F4O4S. The van der Waals surface area contributed by atoms with Crippen LogP contribution in [0.3, 0.4) is 0 Å². The molecule has 0 saturated carbocycles. The van der Waals surface area contributed by atoms with Crippen LogP contribution < -0.4 is 8.92 Å². The average Bonchev–Trinajstić information content (AvgIpc) is 2.56. The van der Waals surface area contributed by atoms with Crippen LogP contribution in [0.2, 0.25) is 0 Å². The molecule has 26 heavy (non-hydrogen) atoms. The molecule has 0 N–H and O–H groups in total. The molecule has 0 atom stereocenters. The molecule has 0 heterocycles. The number of halogens is 4. The number of allylic oxidation sites excluding steroid dienone is 1. The van der Waals surface area contributed by atoms with Gasteiger partial charge in [0.1, 0.15) is 11.6 Å². The van der Waals surface area contributed by atoms with Gasteiger partial charge >= 0.3 is 16.7 Å². The summed E-state index contributed by atoms with van der Waals surface area (Å²) in [5, 5.41) is 0. The summed E-state index contributed by atoms with van der Waals surface area (Å²) in [4.78, 5) is -0.101. The Kier molecular flexibility index (Phi) is 4.90. The van der Waals surface area contributed by atoms with E-state index in [-0.39, 0.29) is 23.5 Å². The van der Waals surface area contributed by atoms with E-state index in [1.807, 2.05) is 0 Å². The summed E-state index contributed by atoms with van der Waals surface area (Å²) >= 11 is 0. The quantitative estimate of drug-likeness (QED) is 0.567. The number of hydrogen-bond donors (Lipinski definition) is 0. The first kappa shape index (κ1) is 18.2. The van der Waals surface area contributed by atoms with Crippen molar-refractivity contribution in [3.05, 3.63) is 64.1 Å². The second-order valence-corrected chi connectivity index (χ2v) is 7.06. The number of ether oxygens (including phenoxy) is 1. The molecule has 0 unspecified atom stereocenters. The third kappa shape index (κ3) is 3.98. The van der Waals surface area contributed by atoms with E-state index in [0.29, 0.717) is 17.2 Å². The smallest absolute Gasteiger partial charge is 0.387 e.